The molecular formula is C14H17N3O2. The zero-order valence-electron chi connectivity index (χ0n) is 11.0. The molecule has 1 atom stereocenters. The van der Waals surface area contributed by atoms with Crippen molar-refractivity contribution in [2.24, 2.45) is 7.05 Å². The van der Waals surface area contributed by atoms with Crippen LogP contribution in [0.1, 0.15) is 27.7 Å². The molecule has 2 N–H and O–H groups in total. The van der Waals surface area contributed by atoms with E-state index in [2.05, 4.69) is 10.4 Å². The van der Waals surface area contributed by atoms with E-state index in [1.807, 2.05) is 30.3 Å². The Bertz CT molecular complexity index is 563. The van der Waals surface area contributed by atoms with E-state index in [1.165, 1.54) is 0 Å². The molecule has 0 aliphatic carbocycles. The Kier molecular flexibility index (Phi) is 3.97. The van der Waals surface area contributed by atoms with Crippen molar-refractivity contribution in [2.45, 2.75) is 13.0 Å². The topological polar surface area (TPSA) is 67.2 Å². The van der Waals surface area contributed by atoms with Crippen molar-refractivity contribution >= 4 is 5.91 Å². The lowest BCUT2D eigenvalue weighted by atomic mass is 10.1. The number of rotatable bonds is 4. The van der Waals surface area contributed by atoms with Crippen LogP contribution < -0.4 is 5.32 Å². The molecule has 1 heterocycles. The second-order valence-electron chi connectivity index (χ2n) is 4.42. The van der Waals surface area contributed by atoms with E-state index in [4.69, 9.17) is 0 Å². The number of aryl methyl sites for hydroxylation is 2. The molecule has 5 heteroatoms. The average molecular weight is 259 g/mol. The Morgan fingerprint density at radius 2 is 2.11 bits per heavy atom. The van der Waals surface area contributed by atoms with Gasteiger partial charge in [0.15, 0.2) is 0 Å². The summed E-state index contributed by atoms with van der Waals surface area (Å²) in [5, 5.41) is 16.4. The summed E-state index contributed by atoms with van der Waals surface area (Å²) in [6, 6.07) is 8.98. The number of nitrogens with one attached hydrogen (secondary N) is 1. The number of hydrogen-bond acceptors (Lipinski definition) is 3. The maximum atomic E-state index is 12.1. The molecule has 0 aliphatic rings. The first-order chi connectivity index (χ1) is 9.11. The van der Waals surface area contributed by atoms with E-state index in [1.54, 1.807) is 24.9 Å². The van der Waals surface area contributed by atoms with Crippen molar-refractivity contribution < 1.29 is 9.90 Å². The van der Waals surface area contributed by atoms with Crippen LogP contribution in [0.4, 0.5) is 0 Å². The van der Waals surface area contributed by atoms with E-state index < -0.39 is 6.04 Å². The standard InChI is InChI=1S/C14H17N3O2/c1-10-12(8-17(2)16-10)14(19)15-13(9-18)11-6-4-3-5-7-11/h3-8,13,18H,9H2,1-2H3,(H,15,19). The molecule has 0 bridgehead atoms. The molecule has 1 unspecified atom stereocenters. The fourth-order valence-electron chi connectivity index (χ4n) is 1.98. The Morgan fingerprint density at radius 1 is 1.42 bits per heavy atom. The van der Waals surface area contributed by atoms with Crippen LogP contribution >= 0.6 is 0 Å². The average Bonchev–Trinajstić information content (AvgIpc) is 2.76. The van der Waals surface area contributed by atoms with Gasteiger partial charge in [0.1, 0.15) is 0 Å². The second kappa shape index (κ2) is 5.67. The molecule has 19 heavy (non-hydrogen) atoms. The third-order valence-corrected chi connectivity index (χ3v) is 2.95. The third kappa shape index (κ3) is 3.00. The first-order valence-corrected chi connectivity index (χ1v) is 6.08. The number of carbonyl (C=O) groups excluding carboxylic acids is 1. The summed E-state index contributed by atoms with van der Waals surface area (Å²) in [6.45, 7) is 1.64. The highest BCUT2D eigenvalue weighted by Gasteiger charge is 2.17. The summed E-state index contributed by atoms with van der Waals surface area (Å²) >= 11 is 0. The summed E-state index contributed by atoms with van der Waals surface area (Å²) < 4.78 is 1.60. The van der Waals surface area contributed by atoms with Gasteiger partial charge in [-0.1, -0.05) is 30.3 Å². The van der Waals surface area contributed by atoms with Crippen molar-refractivity contribution in [1.29, 1.82) is 0 Å². The predicted molar refractivity (Wildman–Crippen MR) is 71.7 cm³/mol. The fraction of sp³-hybridized carbons (Fsp3) is 0.286. The zero-order valence-corrected chi connectivity index (χ0v) is 11.0. The number of aromatic nitrogens is 2. The smallest absolute Gasteiger partial charge is 0.255 e. The summed E-state index contributed by atoms with van der Waals surface area (Å²) in [4.78, 5) is 12.1. The van der Waals surface area contributed by atoms with E-state index in [0.29, 0.717) is 11.3 Å². The Morgan fingerprint density at radius 3 is 2.63 bits per heavy atom. The summed E-state index contributed by atoms with van der Waals surface area (Å²) in [5.41, 5.74) is 2.07. The van der Waals surface area contributed by atoms with Crippen molar-refractivity contribution in [3.05, 3.63) is 53.3 Å². The van der Waals surface area contributed by atoms with Gasteiger partial charge in [-0.2, -0.15) is 5.10 Å². The van der Waals surface area contributed by atoms with Crippen LogP contribution in [0.2, 0.25) is 0 Å². The monoisotopic (exact) mass is 259 g/mol. The van der Waals surface area contributed by atoms with Crippen LogP contribution in [0.15, 0.2) is 36.5 Å². The van der Waals surface area contributed by atoms with Crippen LogP contribution in [0.5, 0.6) is 0 Å². The number of benzene rings is 1. The number of aliphatic hydroxyl groups is 1. The predicted octanol–water partition coefficient (Wildman–Crippen LogP) is 1.19. The maximum absolute atomic E-state index is 12.1. The lowest BCUT2D eigenvalue weighted by Gasteiger charge is -2.16. The third-order valence-electron chi connectivity index (χ3n) is 2.95. The normalized spacial score (nSPS) is 12.2. The minimum absolute atomic E-state index is 0.144. The quantitative estimate of drug-likeness (QED) is 0.866. The Hall–Kier alpha value is -2.14. The molecule has 0 spiro atoms. The van der Waals surface area contributed by atoms with Gasteiger partial charge >= 0.3 is 0 Å². The highest BCUT2D eigenvalue weighted by atomic mass is 16.3. The van der Waals surface area contributed by atoms with Gasteiger partial charge < -0.3 is 10.4 Å². The van der Waals surface area contributed by atoms with Crippen LogP contribution in [0.25, 0.3) is 0 Å². The highest BCUT2D eigenvalue weighted by molar-refractivity contribution is 5.95. The van der Waals surface area contributed by atoms with E-state index in [-0.39, 0.29) is 12.5 Å². The largest absolute Gasteiger partial charge is 0.394 e. The number of hydrogen-bond donors (Lipinski definition) is 2. The fourth-order valence-corrected chi connectivity index (χ4v) is 1.98. The SMILES string of the molecule is Cc1nn(C)cc1C(=O)NC(CO)c1ccccc1. The number of carbonyl (C=O) groups is 1. The molecule has 1 amide bonds. The lowest BCUT2D eigenvalue weighted by Crippen LogP contribution is -2.31. The molecule has 0 fully saturated rings. The van der Waals surface area contributed by atoms with Crippen molar-refractivity contribution in [3.63, 3.8) is 0 Å². The molecule has 2 rings (SSSR count). The maximum Gasteiger partial charge on any atom is 0.255 e. The highest BCUT2D eigenvalue weighted by Crippen LogP contribution is 2.13. The first kappa shape index (κ1) is 13.3. The molecule has 0 radical (unpaired) electrons. The molecule has 5 nitrogen and oxygen atoms in total. The van der Waals surface area contributed by atoms with Gasteiger partial charge in [-0.05, 0) is 12.5 Å². The molecule has 100 valence electrons. The number of aliphatic hydroxyl groups excluding tert-OH is 1. The van der Waals surface area contributed by atoms with Crippen LogP contribution in [0, 0.1) is 6.92 Å². The van der Waals surface area contributed by atoms with Gasteiger partial charge in [-0.25, -0.2) is 0 Å². The van der Waals surface area contributed by atoms with Crippen molar-refractivity contribution in [2.75, 3.05) is 6.61 Å². The van der Waals surface area contributed by atoms with Gasteiger partial charge in [0.05, 0.1) is 23.9 Å². The summed E-state index contributed by atoms with van der Waals surface area (Å²) in [6.07, 6.45) is 1.67. The van der Waals surface area contributed by atoms with E-state index in [9.17, 15) is 9.90 Å². The molecule has 1 aromatic heterocycles. The van der Waals surface area contributed by atoms with Gasteiger partial charge in [-0.3, -0.25) is 9.48 Å². The zero-order chi connectivity index (χ0) is 13.8. The molecule has 0 saturated heterocycles. The van der Waals surface area contributed by atoms with Crippen molar-refractivity contribution in [1.82, 2.24) is 15.1 Å². The summed E-state index contributed by atoms with van der Waals surface area (Å²) in [7, 11) is 1.77. The lowest BCUT2D eigenvalue weighted by molar-refractivity contribution is 0.0915. The van der Waals surface area contributed by atoms with E-state index in [0.717, 1.165) is 5.56 Å². The minimum Gasteiger partial charge on any atom is -0.394 e. The molecule has 2 aromatic rings. The minimum atomic E-state index is -0.409. The van der Waals surface area contributed by atoms with Gasteiger partial charge in [-0.15, -0.1) is 0 Å². The van der Waals surface area contributed by atoms with Crippen molar-refractivity contribution in [3.8, 4) is 0 Å². The number of nitrogens with zero attached hydrogens (tertiary/aromatic N) is 2. The van der Waals surface area contributed by atoms with Gasteiger partial charge in [0, 0.05) is 13.2 Å². The molecular weight excluding hydrogens is 242 g/mol. The van der Waals surface area contributed by atoms with Crippen LogP contribution in [-0.4, -0.2) is 27.4 Å². The summed E-state index contributed by atoms with van der Waals surface area (Å²) in [5.74, 6) is -0.228. The Labute approximate surface area is 111 Å². The molecule has 0 saturated carbocycles. The Balaban J connectivity index is 2.15. The molecule has 0 aliphatic heterocycles. The van der Waals surface area contributed by atoms with Crippen LogP contribution in [0.3, 0.4) is 0 Å². The number of amides is 1. The van der Waals surface area contributed by atoms with Crippen LogP contribution in [-0.2, 0) is 7.05 Å². The second-order valence-corrected chi connectivity index (χ2v) is 4.42. The van der Waals surface area contributed by atoms with Gasteiger partial charge in [0.25, 0.3) is 5.91 Å². The molecule has 1 aromatic carbocycles. The van der Waals surface area contributed by atoms with Gasteiger partial charge in [0.2, 0.25) is 0 Å². The first-order valence-electron chi connectivity index (χ1n) is 6.08. The van der Waals surface area contributed by atoms with E-state index >= 15 is 0 Å².